The van der Waals surface area contributed by atoms with Crippen molar-refractivity contribution in [2.75, 3.05) is 13.1 Å². The van der Waals surface area contributed by atoms with Crippen LogP contribution in [0.25, 0.3) is 0 Å². The molecule has 1 rings (SSSR count). The van der Waals surface area contributed by atoms with Gasteiger partial charge in [0.15, 0.2) is 0 Å². The topological polar surface area (TPSA) is 12.0 Å². The van der Waals surface area contributed by atoms with E-state index in [9.17, 15) is 0 Å². The van der Waals surface area contributed by atoms with Gasteiger partial charge in [0.05, 0.1) is 0 Å². The first-order valence-corrected chi connectivity index (χ1v) is 8.14. The third-order valence-corrected chi connectivity index (χ3v) is 4.16. The smallest absolute Gasteiger partial charge is 0.00463 e. The van der Waals surface area contributed by atoms with Crippen molar-refractivity contribution in [1.29, 1.82) is 0 Å². The SMILES string of the molecule is CCCCCCCCC1CCCCCNCC1. The summed E-state index contributed by atoms with van der Waals surface area (Å²) in [6.45, 7) is 4.81. The Hall–Kier alpha value is -0.0400. The zero-order valence-electron chi connectivity index (χ0n) is 12.0. The van der Waals surface area contributed by atoms with Crippen molar-refractivity contribution in [3.8, 4) is 0 Å². The van der Waals surface area contributed by atoms with Gasteiger partial charge < -0.3 is 5.32 Å². The molecule has 1 heterocycles. The molecule has 0 bridgehead atoms. The first-order valence-electron chi connectivity index (χ1n) is 8.14. The summed E-state index contributed by atoms with van der Waals surface area (Å²) in [5.74, 6) is 1.02. The van der Waals surface area contributed by atoms with Crippen LogP contribution in [-0.2, 0) is 0 Å². The highest BCUT2D eigenvalue weighted by atomic mass is 14.8. The zero-order valence-corrected chi connectivity index (χ0v) is 12.0. The van der Waals surface area contributed by atoms with Gasteiger partial charge >= 0.3 is 0 Å². The fourth-order valence-corrected chi connectivity index (χ4v) is 2.94. The second-order valence-corrected chi connectivity index (χ2v) is 5.81. The lowest BCUT2D eigenvalue weighted by Crippen LogP contribution is -2.18. The number of hydrogen-bond acceptors (Lipinski definition) is 1. The molecule has 0 amide bonds. The van der Waals surface area contributed by atoms with E-state index in [-0.39, 0.29) is 0 Å². The molecular weight excluding hydrogens is 206 g/mol. The van der Waals surface area contributed by atoms with E-state index in [4.69, 9.17) is 0 Å². The standard InChI is InChI=1S/C16H33N/c1-2-3-4-5-6-8-11-16-12-9-7-10-14-17-15-13-16/h16-17H,2-15H2,1H3. The van der Waals surface area contributed by atoms with E-state index in [0.29, 0.717) is 0 Å². The molecule has 0 aromatic carbocycles. The first kappa shape index (κ1) is 15.0. The van der Waals surface area contributed by atoms with E-state index in [2.05, 4.69) is 12.2 Å². The van der Waals surface area contributed by atoms with Crippen molar-refractivity contribution in [1.82, 2.24) is 5.32 Å². The van der Waals surface area contributed by atoms with E-state index in [1.54, 1.807) is 0 Å². The highest BCUT2D eigenvalue weighted by Crippen LogP contribution is 2.21. The normalized spacial score (nSPS) is 22.8. The van der Waals surface area contributed by atoms with Crippen LogP contribution in [0.15, 0.2) is 0 Å². The Morgan fingerprint density at radius 1 is 0.824 bits per heavy atom. The molecule has 0 saturated carbocycles. The lowest BCUT2D eigenvalue weighted by atomic mass is 9.92. The molecule has 1 aliphatic heterocycles. The Morgan fingerprint density at radius 3 is 2.53 bits per heavy atom. The van der Waals surface area contributed by atoms with Gasteiger partial charge in [0.2, 0.25) is 0 Å². The predicted molar refractivity (Wildman–Crippen MR) is 77.4 cm³/mol. The van der Waals surface area contributed by atoms with Gasteiger partial charge in [0, 0.05) is 0 Å². The number of rotatable bonds is 7. The van der Waals surface area contributed by atoms with Crippen LogP contribution in [-0.4, -0.2) is 13.1 Å². The molecule has 1 N–H and O–H groups in total. The molecule has 1 aliphatic rings. The molecular formula is C16H33N. The van der Waals surface area contributed by atoms with Crippen LogP contribution >= 0.6 is 0 Å². The first-order chi connectivity index (χ1) is 8.43. The molecule has 1 atom stereocenters. The predicted octanol–water partition coefficient (Wildman–Crippen LogP) is 4.91. The van der Waals surface area contributed by atoms with Gasteiger partial charge in [-0.3, -0.25) is 0 Å². The maximum atomic E-state index is 3.58. The van der Waals surface area contributed by atoms with E-state index >= 15 is 0 Å². The third-order valence-electron chi connectivity index (χ3n) is 4.16. The number of unbranched alkanes of at least 4 members (excludes halogenated alkanes) is 5. The average molecular weight is 239 g/mol. The van der Waals surface area contributed by atoms with Gasteiger partial charge in [0.1, 0.15) is 0 Å². The molecule has 0 aliphatic carbocycles. The molecule has 1 unspecified atom stereocenters. The van der Waals surface area contributed by atoms with Crippen LogP contribution in [0.5, 0.6) is 0 Å². The van der Waals surface area contributed by atoms with Crippen molar-refractivity contribution >= 4 is 0 Å². The maximum absolute atomic E-state index is 3.58. The van der Waals surface area contributed by atoms with Gasteiger partial charge in [-0.2, -0.15) is 0 Å². The summed E-state index contributed by atoms with van der Waals surface area (Å²) < 4.78 is 0. The molecule has 17 heavy (non-hydrogen) atoms. The maximum Gasteiger partial charge on any atom is -0.00463 e. The molecule has 0 spiro atoms. The molecule has 1 fully saturated rings. The minimum Gasteiger partial charge on any atom is -0.317 e. The Balaban J connectivity index is 1.99. The molecule has 0 aromatic heterocycles. The summed E-state index contributed by atoms with van der Waals surface area (Å²) in [7, 11) is 0. The largest absolute Gasteiger partial charge is 0.317 e. The van der Waals surface area contributed by atoms with Gasteiger partial charge in [0.25, 0.3) is 0 Å². The van der Waals surface area contributed by atoms with Gasteiger partial charge in [-0.05, 0) is 31.8 Å². The molecule has 1 nitrogen and oxygen atoms in total. The highest BCUT2D eigenvalue weighted by molar-refractivity contribution is 4.65. The summed E-state index contributed by atoms with van der Waals surface area (Å²) in [5, 5.41) is 3.58. The lowest BCUT2D eigenvalue weighted by molar-refractivity contribution is 0.389. The van der Waals surface area contributed by atoms with Crippen molar-refractivity contribution < 1.29 is 0 Å². The Bertz CT molecular complexity index is 146. The Labute approximate surface area is 109 Å². The fraction of sp³-hybridized carbons (Fsp3) is 1.00. The van der Waals surface area contributed by atoms with Crippen LogP contribution in [0, 0.1) is 5.92 Å². The van der Waals surface area contributed by atoms with E-state index < -0.39 is 0 Å². The average Bonchev–Trinajstić information content (AvgIpc) is 2.47. The summed E-state index contributed by atoms with van der Waals surface area (Å²) in [6, 6.07) is 0. The van der Waals surface area contributed by atoms with E-state index in [0.717, 1.165) is 5.92 Å². The van der Waals surface area contributed by atoms with Crippen molar-refractivity contribution in [3.05, 3.63) is 0 Å². The van der Waals surface area contributed by atoms with Gasteiger partial charge in [-0.1, -0.05) is 71.1 Å². The Morgan fingerprint density at radius 2 is 1.65 bits per heavy atom. The minimum absolute atomic E-state index is 1.02. The van der Waals surface area contributed by atoms with E-state index in [1.165, 1.54) is 90.1 Å². The second kappa shape index (κ2) is 11.1. The van der Waals surface area contributed by atoms with Gasteiger partial charge in [-0.15, -0.1) is 0 Å². The summed E-state index contributed by atoms with van der Waals surface area (Å²) in [5.41, 5.74) is 0. The molecule has 102 valence electrons. The Kier molecular flexibility index (Phi) is 9.78. The van der Waals surface area contributed by atoms with E-state index in [1.807, 2.05) is 0 Å². The monoisotopic (exact) mass is 239 g/mol. The van der Waals surface area contributed by atoms with Gasteiger partial charge in [-0.25, -0.2) is 0 Å². The highest BCUT2D eigenvalue weighted by Gasteiger charge is 2.09. The number of hydrogen-bond donors (Lipinski definition) is 1. The van der Waals surface area contributed by atoms with Crippen LogP contribution in [0.4, 0.5) is 0 Å². The van der Waals surface area contributed by atoms with Crippen LogP contribution < -0.4 is 5.32 Å². The zero-order chi connectivity index (χ0) is 12.2. The molecule has 0 radical (unpaired) electrons. The van der Waals surface area contributed by atoms with Crippen LogP contribution in [0.3, 0.4) is 0 Å². The van der Waals surface area contributed by atoms with Crippen molar-refractivity contribution in [2.45, 2.75) is 84.0 Å². The molecule has 0 aromatic rings. The minimum atomic E-state index is 1.02. The fourth-order valence-electron chi connectivity index (χ4n) is 2.94. The van der Waals surface area contributed by atoms with Crippen molar-refractivity contribution in [2.24, 2.45) is 5.92 Å². The summed E-state index contributed by atoms with van der Waals surface area (Å²) in [6.07, 6.45) is 17.4. The molecule has 1 heteroatoms. The molecule has 1 saturated heterocycles. The summed E-state index contributed by atoms with van der Waals surface area (Å²) in [4.78, 5) is 0. The lowest BCUT2D eigenvalue weighted by Gasteiger charge is -2.15. The van der Waals surface area contributed by atoms with Crippen LogP contribution in [0.2, 0.25) is 0 Å². The quantitative estimate of drug-likeness (QED) is 0.623. The summed E-state index contributed by atoms with van der Waals surface area (Å²) >= 11 is 0. The number of nitrogens with one attached hydrogen (secondary N) is 1. The third kappa shape index (κ3) is 8.65. The van der Waals surface area contributed by atoms with Crippen molar-refractivity contribution in [3.63, 3.8) is 0 Å². The second-order valence-electron chi connectivity index (χ2n) is 5.81. The van der Waals surface area contributed by atoms with Crippen LogP contribution in [0.1, 0.15) is 84.0 Å².